The average molecular weight is 382 g/mol. The number of hydrogen-bond acceptors (Lipinski definition) is 6. The number of para-hydroxylation sites is 1. The fourth-order valence-corrected chi connectivity index (χ4v) is 2.99. The molecule has 6 nitrogen and oxygen atoms in total. The number of ether oxygens (including phenoxy) is 2. The lowest BCUT2D eigenvalue weighted by atomic mass is 10.1. The van der Waals surface area contributed by atoms with Crippen molar-refractivity contribution in [2.45, 2.75) is 0 Å². The molecule has 0 saturated heterocycles. The van der Waals surface area contributed by atoms with E-state index in [2.05, 4.69) is 4.98 Å². The molecule has 0 unspecified atom stereocenters. The van der Waals surface area contributed by atoms with Gasteiger partial charge in [0.2, 0.25) is 0 Å². The van der Waals surface area contributed by atoms with Crippen molar-refractivity contribution in [1.82, 2.24) is 4.98 Å². The number of esters is 1. The van der Waals surface area contributed by atoms with Gasteiger partial charge in [-0.05, 0) is 36.4 Å². The van der Waals surface area contributed by atoms with E-state index >= 15 is 0 Å². The summed E-state index contributed by atoms with van der Waals surface area (Å²) in [5, 5.41) is 1.54. The van der Waals surface area contributed by atoms with Gasteiger partial charge in [-0.2, -0.15) is 0 Å². The second-order valence-electron chi connectivity index (χ2n) is 5.66. The molecule has 0 saturated carbocycles. The first kappa shape index (κ1) is 17.1. The normalized spacial score (nSPS) is 10.9. The molecule has 0 aliphatic rings. The SMILES string of the molecule is COc1cccc2cc(C(=O)Oc3ccc(Cl)c4ncccc34)c(=O)oc12. The number of halogens is 1. The van der Waals surface area contributed by atoms with Crippen LogP contribution in [0.15, 0.2) is 63.9 Å². The molecule has 0 radical (unpaired) electrons. The first-order valence-corrected chi connectivity index (χ1v) is 8.32. The summed E-state index contributed by atoms with van der Waals surface area (Å²) in [6.07, 6.45) is 1.59. The molecule has 0 fully saturated rings. The van der Waals surface area contributed by atoms with Gasteiger partial charge in [-0.15, -0.1) is 0 Å². The Hall–Kier alpha value is -3.38. The molecular formula is C20H12ClNO5. The van der Waals surface area contributed by atoms with E-state index in [-0.39, 0.29) is 16.9 Å². The van der Waals surface area contributed by atoms with Gasteiger partial charge in [0.15, 0.2) is 11.3 Å². The van der Waals surface area contributed by atoms with Gasteiger partial charge >= 0.3 is 11.6 Å². The molecular weight excluding hydrogens is 370 g/mol. The lowest BCUT2D eigenvalue weighted by Gasteiger charge is -2.09. The largest absolute Gasteiger partial charge is 0.493 e. The van der Waals surface area contributed by atoms with Crippen LogP contribution in [0.3, 0.4) is 0 Å². The molecule has 0 N–H and O–H groups in total. The highest BCUT2D eigenvalue weighted by atomic mass is 35.5. The quantitative estimate of drug-likeness (QED) is 0.300. The van der Waals surface area contributed by atoms with E-state index in [9.17, 15) is 9.59 Å². The van der Waals surface area contributed by atoms with E-state index in [4.69, 9.17) is 25.5 Å². The predicted molar refractivity (Wildman–Crippen MR) is 101 cm³/mol. The maximum atomic E-state index is 12.6. The topological polar surface area (TPSA) is 78.6 Å². The van der Waals surface area contributed by atoms with Crippen LogP contribution in [-0.2, 0) is 0 Å². The molecule has 27 heavy (non-hydrogen) atoms. The number of carbonyl (C=O) groups excluding carboxylic acids is 1. The summed E-state index contributed by atoms with van der Waals surface area (Å²) < 4.78 is 15.9. The minimum atomic E-state index is -0.832. The number of hydrogen-bond donors (Lipinski definition) is 0. The number of methoxy groups -OCH3 is 1. The number of aromatic nitrogens is 1. The monoisotopic (exact) mass is 381 g/mol. The van der Waals surface area contributed by atoms with Gasteiger partial charge in [0.05, 0.1) is 17.6 Å². The Morgan fingerprint density at radius 2 is 1.96 bits per heavy atom. The van der Waals surface area contributed by atoms with Crippen molar-refractivity contribution in [3.05, 3.63) is 75.7 Å². The van der Waals surface area contributed by atoms with Crippen LogP contribution in [0.1, 0.15) is 10.4 Å². The van der Waals surface area contributed by atoms with Crippen LogP contribution in [-0.4, -0.2) is 18.1 Å². The van der Waals surface area contributed by atoms with Crippen LogP contribution in [0.2, 0.25) is 5.02 Å². The van der Waals surface area contributed by atoms with Gasteiger partial charge in [0.1, 0.15) is 11.3 Å². The van der Waals surface area contributed by atoms with E-state index in [0.29, 0.717) is 27.1 Å². The number of nitrogens with zero attached hydrogens (tertiary/aromatic N) is 1. The summed E-state index contributed by atoms with van der Waals surface area (Å²) >= 11 is 6.12. The third kappa shape index (κ3) is 3.00. The molecule has 2 aromatic carbocycles. The second-order valence-corrected chi connectivity index (χ2v) is 6.07. The van der Waals surface area contributed by atoms with Gasteiger partial charge in [-0.25, -0.2) is 9.59 Å². The summed E-state index contributed by atoms with van der Waals surface area (Å²) in [5.41, 5.74) is -0.265. The van der Waals surface area contributed by atoms with Crippen molar-refractivity contribution < 1.29 is 18.7 Å². The Balaban J connectivity index is 1.77. The van der Waals surface area contributed by atoms with Crippen LogP contribution < -0.4 is 15.1 Å². The van der Waals surface area contributed by atoms with Gasteiger partial charge < -0.3 is 13.9 Å². The summed E-state index contributed by atoms with van der Waals surface area (Å²) in [4.78, 5) is 29.1. The molecule has 0 spiro atoms. The predicted octanol–water partition coefficient (Wildman–Crippen LogP) is 4.22. The first-order chi connectivity index (χ1) is 13.1. The Kier molecular flexibility index (Phi) is 4.25. The maximum Gasteiger partial charge on any atom is 0.351 e. The molecule has 0 atom stereocenters. The zero-order chi connectivity index (χ0) is 19.0. The van der Waals surface area contributed by atoms with Crippen LogP contribution in [0.5, 0.6) is 11.5 Å². The smallest absolute Gasteiger partial charge is 0.351 e. The maximum absolute atomic E-state index is 12.6. The third-order valence-electron chi connectivity index (χ3n) is 4.05. The lowest BCUT2D eigenvalue weighted by Crippen LogP contribution is -2.19. The number of carbonyl (C=O) groups is 1. The second kappa shape index (κ2) is 6.74. The van der Waals surface area contributed by atoms with Crippen LogP contribution in [0.25, 0.3) is 21.9 Å². The summed E-state index contributed by atoms with van der Waals surface area (Å²) in [6, 6.07) is 13.1. The van der Waals surface area contributed by atoms with Crippen molar-refractivity contribution in [2.24, 2.45) is 0 Å². The molecule has 2 heterocycles. The molecule has 134 valence electrons. The summed E-state index contributed by atoms with van der Waals surface area (Å²) in [6.45, 7) is 0. The van der Waals surface area contributed by atoms with Gasteiger partial charge in [0, 0.05) is 17.0 Å². The van der Waals surface area contributed by atoms with E-state index in [1.807, 2.05) is 0 Å². The minimum Gasteiger partial charge on any atom is -0.493 e. The molecule has 7 heteroatoms. The minimum absolute atomic E-state index is 0.220. The summed E-state index contributed by atoms with van der Waals surface area (Å²) in [5.74, 6) is -0.183. The highest BCUT2D eigenvalue weighted by Crippen LogP contribution is 2.30. The Labute approximate surface area is 157 Å². The summed E-state index contributed by atoms with van der Waals surface area (Å²) in [7, 11) is 1.47. The van der Waals surface area contributed by atoms with E-state index in [1.54, 1.807) is 48.7 Å². The van der Waals surface area contributed by atoms with Gasteiger partial charge in [-0.1, -0.05) is 23.7 Å². The first-order valence-electron chi connectivity index (χ1n) is 7.95. The molecule has 0 aliphatic carbocycles. The Bertz CT molecular complexity index is 1250. The molecule has 4 rings (SSSR count). The fourth-order valence-electron chi connectivity index (χ4n) is 2.78. The van der Waals surface area contributed by atoms with E-state index < -0.39 is 11.6 Å². The highest BCUT2D eigenvalue weighted by molar-refractivity contribution is 6.35. The average Bonchev–Trinajstić information content (AvgIpc) is 2.69. The van der Waals surface area contributed by atoms with Crippen molar-refractivity contribution in [3.63, 3.8) is 0 Å². The molecule has 2 aromatic heterocycles. The van der Waals surface area contributed by atoms with Crippen LogP contribution in [0, 0.1) is 0 Å². The third-order valence-corrected chi connectivity index (χ3v) is 4.35. The number of pyridine rings is 1. The van der Waals surface area contributed by atoms with Gasteiger partial charge in [0.25, 0.3) is 0 Å². The number of fused-ring (bicyclic) bond motifs is 2. The Morgan fingerprint density at radius 3 is 2.78 bits per heavy atom. The van der Waals surface area contributed by atoms with E-state index in [1.165, 1.54) is 13.2 Å². The molecule has 0 bridgehead atoms. The van der Waals surface area contributed by atoms with Crippen molar-refractivity contribution in [2.75, 3.05) is 7.11 Å². The zero-order valence-corrected chi connectivity index (χ0v) is 14.8. The molecule has 0 aliphatic heterocycles. The fraction of sp³-hybridized carbons (Fsp3) is 0.0500. The van der Waals surface area contributed by atoms with Crippen LogP contribution >= 0.6 is 11.6 Å². The number of benzene rings is 2. The highest BCUT2D eigenvalue weighted by Gasteiger charge is 2.19. The molecule has 0 amide bonds. The standard InChI is InChI=1S/C20H12ClNO5/c1-25-16-6-2-4-11-10-13(20(24)27-18(11)16)19(23)26-15-8-7-14(21)17-12(15)5-3-9-22-17/h2-10H,1H3. The van der Waals surface area contributed by atoms with Gasteiger partial charge in [-0.3, -0.25) is 4.98 Å². The number of rotatable bonds is 3. The van der Waals surface area contributed by atoms with Crippen molar-refractivity contribution in [1.29, 1.82) is 0 Å². The Morgan fingerprint density at radius 1 is 1.11 bits per heavy atom. The van der Waals surface area contributed by atoms with Crippen molar-refractivity contribution >= 4 is 39.4 Å². The molecule has 4 aromatic rings. The van der Waals surface area contributed by atoms with Crippen LogP contribution in [0.4, 0.5) is 0 Å². The van der Waals surface area contributed by atoms with E-state index in [0.717, 1.165) is 0 Å². The van der Waals surface area contributed by atoms with Crippen molar-refractivity contribution in [3.8, 4) is 11.5 Å². The lowest BCUT2D eigenvalue weighted by molar-refractivity contribution is 0.0733. The zero-order valence-electron chi connectivity index (χ0n) is 14.1.